The van der Waals surface area contributed by atoms with Crippen molar-refractivity contribution < 1.29 is 4.79 Å². The Balaban J connectivity index is 1.46. The lowest BCUT2D eigenvalue weighted by molar-refractivity contribution is -0.113. The Kier molecular flexibility index (Phi) is 7.45. The molecule has 0 saturated heterocycles. The zero-order chi connectivity index (χ0) is 22.5. The first-order valence-corrected chi connectivity index (χ1v) is 13.4. The summed E-state index contributed by atoms with van der Waals surface area (Å²) >= 11 is 4.63. The van der Waals surface area contributed by atoms with E-state index in [-0.39, 0.29) is 11.7 Å². The highest BCUT2D eigenvalue weighted by Crippen LogP contribution is 2.37. The summed E-state index contributed by atoms with van der Waals surface area (Å²) in [5.74, 6) is 0.859. The van der Waals surface area contributed by atoms with E-state index >= 15 is 0 Å². The first kappa shape index (κ1) is 22.8. The van der Waals surface area contributed by atoms with E-state index in [1.807, 2.05) is 10.6 Å². The number of carbonyl (C=O) groups excluding carboxylic acids is 1. The van der Waals surface area contributed by atoms with Crippen molar-refractivity contribution in [3.63, 3.8) is 0 Å². The van der Waals surface area contributed by atoms with Gasteiger partial charge in [-0.2, -0.15) is 5.26 Å². The van der Waals surface area contributed by atoms with Gasteiger partial charge in [-0.25, -0.2) is 0 Å². The molecule has 1 N–H and O–H groups in total. The summed E-state index contributed by atoms with van der Waals surface area (Å²) in [6, 6.07) is 4.46. The summed E-state index contributed by atoms with van der Waals surface area (Å²) in [4.78, 5) is 15.2. The Hall–Kier alpha value is -2.41. The fraction of sp³-hybridized carbons (Fsp3) is 0.391. The van der Waals surface area contributed by atoms with Crippen LogP contribution in [0.15, 0.2) is 29.3 Å². The molecular weight excluding hydrogens is 458 g/mol. The summed E-state index contributed by atoms with van der Waals surface area (Å²) in [6.07, 6.45) is 8.14. The highest BCUT2D eigenvalue weighted by Gasteiger charge is 2.22. The maximum atomic E-state index is 12.7. The Morgan fingerprint density at radius 2 is 2.25 bits per heavy atom. The molecule has 1 amide bonds. The summed E-state index contributed by atoms with van der Waals surface area (Å²) in [5, 5.41) is 24.8. The average Bonchev–Trinajstić information content (AvgIpc) is 3.49. The van der Waals surface area contributed by atoms with Crippen LogP contribution in [0.2, 0.25) is 0 Å². The zero-order valence-electron chi connectivity index (χ0n) is 18.0. The normalized spacial score (nSPS) is 12.9. The highest BCUT2D eigenvalue weighted by atomic mass is 32.2. The molecule has 1 aliphatic rings. The van der Waals surface area contributed by atoms with Crippen LogP contribution in [-0.2, 0) is 30.6 Å². The topological polar surface area (TPSA) is 83.6 Å². The second-order valence-corrected chi connectivity index (χ2v) is 10.7. The highest BCUT2D eigenvalue weighted by molar-refractivity contribution is 7.99. The molecule has 3 aromatic rings. The third kappa shape index (κ3) is 4.82. The number of hydrogen-bond acceptors (Lipinski definition) is 7. The lowest BCUT2D eigenvalue weighted by Crippen LogP contribution is -2.14. The van der Waals surface area contributed by atoms with Gasteiger partial charge in [0.05, 0.1) is 11.3 Å². The number of aryl methyl sites for hydroxylation is 2. The molecule has 166 valence electrons. The Morgan fingerprint density at radius 1 is 1.41 bits per heavy atom. The minimum absolute atomic E-state index is 0.138. The molecule has 0 fully saturated rings. The quantitative estimate of drug-likeness (QED) is 0.312. The molecule has 0 atom stereocenters. The van der Waals surface area contributed by atoms with E-state index in [4.69, 9.17) is 0 Å². The van der Waals surface area contributed by atoms with Crippen molar-refractivity contribution in [2.24, 2.45) is 0 Å². The van der Waals surface area contributed by atoms with E-state index in [0.717, 1.165) is 55.5 Å². The summed E-state index contributed by atoms with van der Waals surface area (Å²) < 4.78 is 1.99. The van der Waals surface area contributed by atoms with Crippen LogP contribution < -0.4 is 5.32 Å². The molecule has 0 unspecified atom stereocenters. The van der Waals surface area contributed by atoms with Crippen LogP contribution in [-0.4, -0.2) is 26.4 Å². The van der Waals surface area contributed by atoms with Gasteiger partial charge in [-0.15, -0.1) is 39.4 Å². The van der Waals surface area contributed by atoms with Crippen LogP contribution in [0.3, 0.4) is 0 Å². The summed E-state index contributed by atoms with van der Waals surface area (Å²) in [6.45, 7) is 6.60. The van der Waals surface area contributed by atoms with Crippen LogP contribution in [0.4, 0.5) is 5.00 Å². The van der Waals surface area contributed by atoms with Crippen molar-refractivity contribution >= 4 is 45.3 Å². The smallest absolute Gasteiger partial charge is 0.235 e. The number of aromatic nitrogens is 3. The zero-order valence-corrected chi connectivity index (χ0v) is 20.5. The van der Waals surface area contributed by atoms with Crippen molar-refractivity contribution in [2.75, 3.05) is 11.1 Å². The average molecular weight is 484 g/mol. The van der Waals surface area contributed by atoms with Crippen molar-refractivity contribution in [1.82, 2.24) is 14.8 Å². The molecule has 0 aromatic carbocycles. The van der Waals surface area contributed by atoms with Crippen LogP contribution in [0.5, 0.6) is 0 Å². The second-order valence-electron chi connectivity index (χ2n) is 7.62. The standard InChI is InChI=1S/C23H25N5OS3/c1-3-7-16-11-15(13-30-16)21-26-27-23(28(21)10-4-2)31-14-20(29)25-22-18(12-24)17-8-5-6-9-19(17)32-22/h4,11,13H,2-3,5-10,14H2,1H3,(H,25,29). The third-order valence-corrected chi connectivity index (χ3v) is 8.48. The number of nitriles is 1. The number of hydrogen-bond donors (Lipinski definition) is 1. The SMILES string of the molecule is C=CCn1c(SCC(=O)Nc2sc3c(c2C#N)CCCC3)nnc1-c1csc(CCC)c1. The van der Waals surface area contributed by atoms with Crippen molar-refractivity contribution in [2.45, 2.75) is 57.1 Å². The number of thiophene rings is 2. The van der Waals surface area contributed by atoms with Gasteiger partial charge in [0.25, 0.3) is 0 Å². The minimum Gasteiger partial charge on any atom is -0.316 e. The largest absolute Gasteiger partial charge is 0.316 e. The molecule has 1 aliphatic carbocycles. The van der Waals surface area contributed by atoms with Crippen LogP contribution in [0, 0.1) is 11.3 Å². The molecule has 9 heteroatoms. The second kappa shape index (κ2) is 10.5. The minimum atomic E-state index is -0.138. The van der Waals surface area contributed by atoms with Crippen LogP contribution in [0.1, 0.15) is 47.1 Å². The van der Waals surface area contributed by atoms with Gasteiger partial charge in [-0.1, -0.05) is 31.2 Å². The number of nitrogens with one attached hydrogen (secondary N) is 1. The van der Waals surface area contributed by atoms with E-state index < -0.39 is 0 Å². The number of nitrogens with zero attached hydrogens (tertiary/aromatic N) is 4. The Labute approximate surface area is 200 Å². The van der Waals surface area contributed by atoms with E-state index in [1.165, 1.54) is 21.5 Å². The number of rotatable bonds is 9. The van der Waals surface area contributed by atoms with Gasteiger partial charge in [-0.3, -0.25) is 9.36 Å². The van der Waals surface area contributed by atoms with E-state index in [0.29, 0.717) is 22.3 Å². The van der Waals surface area contributed by atoms with Crippen LogP contribution in [0.25, 0.3) is 11.4 Å². The molecule has 4 rings (SSSR count). The van der Waals surface area contributed by atoms with E-state index in [2.05, 4.69) is 46.5 Å². The van der Waals surface area contributed by atoms with Crippen LogP contribution >= 0.6 is 34.4 Å². The monoisotopic (exact) mass is 483 g/mol. The first-order chi connectivity index (χ1) is 15.6. The van der Waals surface area contributed by atoms with E-state index in [1.54, 1.807) is 22.7 Å². The van der Waals surface area contributed by atoms with Gasteiger partial charge in [0.1, 0.15) is 11.1 Å². The van der Waals surface area contributed by atoms with Gasteiger partial charge in [0, 0.05) is 27.2 Å². The number of carbonyl (C=O) groups is 1. The number of anilines is 1. The van der Waals surface area contributed by atoms with Gasteiger partial charge >= 0.3 is 0 Å². The molecule has 0 spiro atoms. The summed E-state index contributed by atoms with van der Waals surface area (Å²) in [7, 11) is 0. The van der Waals surface area contributed by atoms with E-state index in [9.17, 15) is 10.1 Å². The van der Waals surface area contributed by atoms with Crippen molar-refractivity contribution in [3.05, 3.63) is 45.0 Å². The molecule has 6 nitrogen and oxygen atoms in total. The maximum absolute atomic E-state index is 12.7. The van der Waals surface area contributed by atoms with Gasteiger partial charge in [-0.05, 0) is 43.7 Å². The number of fused-ring (bicyclic) bond motifs is 1. The lowest BCUT2D eigenvalue weighted by Gasteiger charge is -2.09. The fourth-order valence-corrected chi connectivity index (χ4v) is 6.82. The predicted octanol–water partition coefficient (Wildman–Crippen LogP) is 5.69. The van der Waals surface area contributed by atoms with Crippen molar-refractivity contribution in [3.8, 4) is 17.5 Å². The molecule has 3 heterocycles. The fourth-order valence-electron chi connectivity index (χ4n) is 3.84. The van der Waals surface area contributed by atoms with Gasteiger partial charge in [0.15, 0.2) is 11.0 Å². The molecule has 0 aliphatic heterocycles. The molecule has 0 bridgehead atoms. The predicted molar refractivity (Wildman–Crippen MR) is 133 cm³/mol. The molecule has 32 heavy (non-hydrogen) atoms. The molecule has 0 saturated carbocycles. The summed E-state index contributed by atoms with van der Waals surface area (Å²) in [5.41, 5.74) is 2.81. The third-order valence-electron chi connectivity index (χ3n) is 5.31. The number of allylic oxidation sites excluding steroid dienone is 1. The number of amides is 1. The lowest BCUT2D eigenvalue weighted by atomic mass is 9.96. The van der Waals surface area contributed by atoms with Crippen molar-refractivity contribution in [1.29, 1.82) is 5.26 Å². The first-order valence-electron chi connectivity index (χ1n) is 10.7. The maximum Gasteiger partial charge on any atom is 0.235 e. The molecule has 0 radical (unpaired) electrons. The Bertz CT molecular complexity index is 1170. The Morgan fingerprint density at radius 3 is 3.03 bits per heavy atom. The molecule has 3 aromatic heterocycles. The molecular formula is C23H25N5OS3. The number of thioether (sulfide) groups is 1. The van der Waals surface area contributed by atoms with Gasteiger partial charge in [0.2, 0.25) is 5.91 Å². The van der Waals surface area contributed by atoms with Gasteiger partial charge < -0.3 is 5.32 Å².